The highest BCUT2D eigenvalue weighted by molar-refractivity contribution is 5.85. The molecule has 0 saturated carbocycles. The minimum Gasteiger partial charge on any atom is -0.375 e. The number of hydrogen-bond donors (Lipinski definition) is 2. The fourth-order valence-corrected chi connectivity index (χ4v) is 2.65. The van der Waals surface area contributed by atoms with Gasteiger partial charge in [0.05, 0.1) is 18.8 Å². The van der Waals surface area contributed by atoms with Crippen LogP contribution in [0, 0.1) is 0 Å². The van der Waals surface area contributed by atoms with Crippen LogP contribution in [-0.2, 0) is 14.3 Å². The minimum absolute atomic E-state index is 0.0735. The lowest BCUT2D eigenvalue weighted by molar-refractivity contribution is -0.129. The van der Waals surface area contributed by atoms with Gasteiger partial charge in [0.2, 0.25) is 11.8 Å². The maximum atomic E-state index is 12.2. The van der Waals surface area contributed by atoms with Crippen LogP contribution in [0.2, 0.25) is 0 Å². The number of carbonyl (C=O) groups is 2. The van der Waals surface area contributed by atoms with Gasteiger partial charge >= 0.3 is 0 Å². The van der Waals surface area contributed by atoms with Gasteiger partial charge in [0.1, 0.15) is 6.04 Å². The third-order valence-electron chi connectivity index (χ3n) is 3.73. The van der Waals surface area contributed by atoms with E-state index in [0.717, 1.165) is 0 Å². The summed E-state index contributed by atoms with van der Waals surface area (Å²) >= 11 is 0. The second kappa shape index (κ2) is 5.88. The number of ether oxygens (including phenoxy) is 1. The highest BCUT2D eigenvalue weighted by Crippen LogP contribution is 2.15. The van der Waals surface area contributed by atoms with Crippen molar-refractivity contribution in [3.63, 3.8) is 0 Å². The van der Waals surface area contributed by atoms with E-state index in [2.05, 4.69) is 10.6 Å². The fourth-order valence-electron chi connectivity index (χ4n) is 2.65. The number of carbonyl (C=O) groups excluding carboxylic acids is 2. The Morgan fingerprint density at radius 1 is 1.53 bits per heavy atom. The lowest BCUT2D eigenvalue weighted by Gasteiger charge is -2.30. The van der Waals surface area contributed by atoms with Crippen molar-refractivity contribution in [1.82, 2.24) is 15.5 Å². The van der Waals surface area contributed by atoms with Gasteiger partial charge in [0, 0.05) is 25.6 Å². The first-order valence-corrected chi connectivity index (χ1v) is 6.94. The lowest BCUT2D eigenvalue weighted by atomic mass is 10.1. The summed E-state index contributed by atoms with van der Waals surface area (Å²) < 4.78 is 5.46. The number of morpholine rings is 1. The van der Waals surface area contributed by atoms with Gasteiger partial charge in [-0.15, -0.1) is 0 Å². The van der Waals surface area contributed by atoms with Gasteiger partial charge in [-0.05, 0) is 20.8 Å². The molecule has 2 fully saturated rings. The molecule has 0 aromatic carbocycles. The molecule has 2 heterocycles. The Morgan fingerprint density at radius 3 is 2.84 bits per heavy atom. The number of nitrogens with one attached hydrogen (secondary N) is 2. The van der Waals surface area contributed by atoms with E-state index >= 15 is 0 Å². The Labute approximate surface area is 113 Å². The number of nitrogens with zero attached hydrogens (tertiary/aromatic N) is 1. The maximum Gasteiger partial charge on any atom is 0.240 e. The predicted octanol–water partition coefficient (Wildman–Crippen LogP) is -0.511. The van der Waals surface area contributed by atoms with Gasteiger partial charge in [-0.2, -0.15) is 0 Å². The van der Waals surface area contributed by atoms with Crippen LogP contribution in [0.4, 0.5) is 0 Å². The summed E-state index contributed by atoms with van der Waals surface area (Å²) in [7, 11) is 0. The van der Waals surface area contributed by atoms with Gasteiger partial charge in [0.15, 0.2) is 0 Å². The molecule has 0 aromatic heterocycles. The second-order valence-corrected chi connectivity index (χ2v) is 5.56. The zero-order valence-corrected chi connectivity index (χ0v) is 11.8. The second-order valence-electron chi connectivity index (χ2n) is 5.56. The average molecular weight is 269 g/mol. The molecule has 6 nitrogen and oxygen atoms in total. The summed E-state index contributed by atoms with van der Waals surface area (Å²) in [5, 5.41) is 6.10. The van der Waals surface area contributed by atoms with E-state index < -0.39 is 0 Å². The summed E-state index contributed by atoms with van der Waals surface area (Å²) in [6, 6.07) is -0.222. The Hall–Kier alpha value is -1.14. The molecule has 108 valence electrons. The molecule has 2 aliphatic heterocycles. The van der Waals surface area contributed by atoms with Crippen molar-refractivity contribution in [3.8, 4) is 0 Å². The van der Waals surface area contributed by atoms with Gasteiger partial charge in [0.25, 0.3) is 0 Å². The monoisotopic (exact) mass is 269 g/mol. The Morgan fingerprint density at radius 2 is 2.26 bits per heavy atom. The molecule has 3 atom stereocenters. The molecule has 2 N–H and O–H groups in total. The Kier molecular flexibility index (Phi) is 4.42. The molecule has 1 unspecified atom stereocenters. The van der Waals surface area contributed by atoms with Gasteiger partial charge in [-0.3, -0.25) is 9.59 Å². The third-order valence-corrected chi connectivity index (χ3v) is 3.73. The minimum atomic E-state index is -0.322. The molecule has 0 radical (unpaired) electrons. The van der Waals surface area contributed by atoms with E-state index in [9.17, 15) is 9.59 Å². The summed E-state index contributed by atoms with van der Waals surface area (Å²) in [5.41, 5.74) is 0. The molecule has 2 rings (SSSR count). The molecule has 2 saturated heterocycles. The highest BCUT2D eigenvalue weighted by atomic mass is 16.5. The van der Waals surface area contributed by atoms with Crippen LogP contribution in [0.25, 0.3) is 0 Å². The molecule has 0 spiro atoms. The molecule has 0 aromatic rings. The van der Waals surface area contributed by atoms with E-state index in [1.165, 1.54) is 0 Å². The SMILES string of the molecule is CC(C)N1CC(NC(=O)[C@H]2NCCO[C@@H]2C)CC1=O. The molecular weight excluding hydrogens is 246 g/mol. The van der Waals surface area contributed by atoms with Crippen molar-refractivity contribution in [2.75, 3.05) is 19.7 Å². The predicted molar refractivity (Wildman–Crippen MR) is 70.6 cm³/mol. The van der Waals surface area contributed by atoms with Crippen molar-refractivity contribution in [1.29, 1.82) is 0 Å². The molecule has 0 aliphatic carbocycles. The maximum absolute atomic E-state index is 12.2. The zero-order valence-electron chi connectivity index (χ0n) is 11.8. The first-order valence-electron chi connectivity index (χ1n) is 6.94. The Bertz CT molecular complexity index is 359. The van der Waals surface area contributed by atoms with Crippen LogP contribution in [0.5, 0.6) is 0 Å². The van der Waals surface area contributed by atoms with Gasteiger partial charge in [-0.1, -0.05) is 0 Å². The molecule has 2 amide bonds. The van der Waals surface area contributed by atoms with Crippen molar-refractivity contribution in [2.45, 2.75) is 51.4 Å². The third kappa shape index (κ3) is 3.25. The molecular formula is C13H23N3O3. The molecule has 6 heteroatoms. The van der Waals surface area contributed by atoms with Crippen molar-refractivity contribution < 1.29 is 14.3 Å². The molecule has 0 bridgehead atoms. The highest BCUT2D eigenvalue weighted by Gasteiger charge is 2.35. The van der Waals surface area contributed by atoms with Crippen molar-refractivity contribution in [2.24, 2.45) is 0 Å². The fraction of sp³-hybridized carbons (Fsp3) is 0.846. The molecule has 19 heavy (non-hydrogen) atoms. The summed E-state index contributed by atoms with van der Waals surface area (Å²) in [6.45, 7) is 7.78. The number of amides is 2. The first-order chi connectivity index (χ1) is 8.99. The van der Waals surface area contributed by atoms with Crippen molar-refractivity contribution >= 4 is 11.8 Å². The van der Waals surface area contributed by atoms with Crippen LogP contribution in [0.1, 0.15) is 27.2 Å². The van der Waals surface area contributed by atoms with E-state index in [1.54, 1.807) is 4.90 Å². The zero-order chi connectivity index (χ0) is 14.0. The largest absolute Gasteiger partial charge is 0.375 e. The quantitative estimate of drug-likeness (QED) is 0.724. The standard InChI is InChI=1S/C13H23N3O3/c1-8(2)16-7-10(6-11(16)17)15-13(18)12-9(3)19-5-4-14-12/h8-10,12,14H,4-7H2,1-3H3,(H,15,18)/t9-,10?,12+/m1/s1. The van der Waals surface area contributed by atoms with Crippen LogP contribution < -0.4 is 10.6 Å². The summed E-state index contributed by atoms with van der Waals surface area (Å²) in [4.78, 5) is 25.8. The van der Waals surface area contributed by atoms with E-state index in [1.807, 2.05) is 20.8 Å². The summed E-state index contributed by atoms with van der Waals surface area (Å²) in [6.07, 6.45) is 0.262. The summed E-state index contributed by atoms with van der Waals surface area (Å²) in [5.74, 6) is 0.0387. The Balaban J connectivity index is 1.88. The van der Waals surface area contributed by atoms with Crippen LogP contribution >= 0.6 is 0 Å². The topological polar surface area (TPSA) is 70.7 Å². The van der Waals surface area contributed by atoms with E-state index in [0.29, 0.717) is 26.1 Å². The van der Waals surface area contributed by atoms with Gasteiger partial charge < -0.3 is 20.3 Å². The normalized spacial score (nSPS) is 31.9. The average Bonchev–Trinajstić information content (AvgIpc) is 2.70. The van der Waals surface area contributed by atoms with Gasteiger partial charge in [-0.25, -0.2) is 0 Å². The van der Waals surface area contributed by atoms with E-state index in [4.69, 9.17) is 4.74 Å². The van der Waals surface area contributed by atoms with E-state index in [-0.39, 0.29) is 36.0 Å². The lowest BCUT2D eigenvalue weighted by Crippen LogP contribution is -2.57. The number of hydrogen-bond acceptors (Lipinski definition) is 4. The smallest absolute Gasteiger partial charge is 0.240 e. The van der Waals surface area contributed by atoms with Crippen LogP contribution in [-0.4, -0.2) is 60.6 Å². The van der Waals surface area contributed by atoms with Crippen LogP contribution in [0.15, 0.2) is 0 Å². The first kappa shape index (κ1) is 14.3. The number of rotatable bonds is 3. The molecule has 2 aliphatic rings. The van der Waals surface area contributed by atoms with Crippen molar-refractivity contribution in [3.05, 3.63) is 0 Å². The van der Waals surface area contributed by atoms with Crippen LogP contribution in [0.3, 0.4) is 0 Å². The number of likely N-dealkylation sites (tertiary alicyclic amines) is 1.